The molecule has 28 heavy (non-hydrogen) atoms. The van der Waals surface area contributed by atoms with Crippen molar-refractivity contribution in [3.63, 3.8) is 0 Å². The first-order chi connectivity index (χ1) is 13.5. The number of hydrogen-bond donors (Lipinski definition) is 2. The Hall–Kier alpha value is -3.13. The lowest BCUT2D eigenvalue weighted by atomic mass is 10.1. The van der Waals surface area contributed by atoms with Gasteiger partial charge in [0.2, 0.25) is 5.91 Å². The molecule has 2 aromatic carbocycles. The molecule has 2 N–H and O–H groups in total. The molecular weight excluding hydrogens is 367 g/mol. The maximum absolute atomic E-state index is 13.7. The summed E-state index contributed by atoms with van der Waals surface area (Å²) in [6.07, 6.45) is -0.0408. The third-order valence-corrected chi connectivity index (χ3v) is 3.77. The smallest absolute Gasteiger partial charge is 0.411 e. The van der Waals surface area contributed by atoms with E-state index in [1.54, 1.807) is 30.3 Å². The third kappa shape index (κ3) is 6.88. The van der Waals surface area contributed by atoms with Gasteiger partial charge in [-0.3, -0.25) is 10.1 Å². The van der Waals surface area contributed by atoms with Crippen LogP contribution in [0.5, 0.6) is 5.75 Å². The molecule has 0 radical (unpaired) electrons. The Kier molecular flexibility index (Phi) is 8.23. The van der Waals surface area contributed by atoms with Crippen LogP contribution in [0.25, 0.3) is 0 Å². The minimum Gasteiger partial charge on any atom is -0.494 e. The molecule has 0 aromatic heterocycles. The predicted molar refractivity (Wildman–Crippen MR) is 103 cm³/mol. The van der Waals surface area contributed by atoms with E-state index in [4.69, 9.17) is 14.2 Å². The zero-order valence-corrected chi connectivity index (χ0v) is 15.8. The molecule has 7 nitrogen and oxygen atoms in total. The summed E-state index contributed by atoms with van der Waals surface area (Å²) < 4.78 is 28.3. The van der Waals surface area contributed by atoms with E-state index in [0.717, 1.165) is 0 Å². The molecule has 2 rings (SSSR count). The van der Waals surface area contributed by atoms with Gasteiger partial charge in [-0.2, -0.15) is 0 Å². The van der Waals surface area contributed by atoms with E-state index in [2.05, 4.69) is 10.6 Å². The molecule has 0 heterocycles. The molecule has 8 heteroatoms. The zero-order chi connectivity index (χ0) is 20.4. The summed E-state index contributed by atoms with van der Waals surface area (Å²) in [5.74, 6) is -0.522. The van der Waals surface area contributed by atoms with Crippen molar-refractivity contribution >= 4 is 23.4 Å². The van der Waals surface area contributed by atoms with Crippen LogP contribution in [0.15, 0.2) is 42.5 Å². The van der Waals surface area contributed by atoms with Crippen LogP contribution < -0.4 is 15.4 Å². The molecule has 0 bridgehead atoms. The number of carbonyl (C=O) groups is 2. The first-order valence-corrected chi connectivity index (χ1v) is 8.67. The minimum atomic E-state index is -0.609. The van der Waals surface area contributed by atoms with Crippen LogP contribution in [0.1, 0.15) is 12.0 Å². The molecule has 0 spiro atoms. The number of rotatable bonds is 9. The van der Waals surface area contributed by atoms with Gasteiger partial charge >= 0.3 is 6.09 Å². The Morgan fingerprint density at radius 2 is 1.75 bits per heavy atom. The second-order valence-corrected chi connectivity index (χ2v) is 5.85. The summed E-state index contributed by atoms with van der Waals surface area (Å²) in [6, 6.07) is 11.3. The normalized spacial score (nSPS) is 10.2. The van der Waals surface area contributed by atoms with E-state index in [9.17, 15) is 14.0 Å². The first-order valence-electron chi connectivity index (χ1n) is 8.67. The molecule has 0 fully saturated rings. The van der Waals surface area contributed by atoms with Crippen molar-refractivity contribution < 1.29 is 28.2 Å². The molecule has 0 aliphatic carbocycles. The fourth-order valence-electron chi connectivity index (χ4n) is 2.39. The highest BCUT2D eigenvalue weighted by molar-refractivity contribution is 5.92. The number of halogens is 1. The quantitative estimate of drug-likeness (QED) is 0.639. The van der Waals surface area contributed by atoms with Crippen LogP contribution >= 0.6 is 0 Å². The monoisotopic (exact) mass is 390 g/mol. The number of anilines is 2. The lowest BCUT2D eigenvalue weighted by Crippen LogP contribution is -2.17. The van der Waals surface area contributed by atoms with Gasteiger partial charge in [0.05, 0.1) is 13.7 Å². The Morgan fingerprint density at radius 3 is 2.43 bits per heavy atom. The molecular formula is C20H23FN2O5. The summed E-state index contributed by atoms with van der Waals surface area (Å²) in [5.41, 5.74) is 1.71. The van der Waals surface area contributed by atoms with Gasteiger partial charge in [0, 0.05) is 24.9 Å². The Morgan fingerprint density at radius 1 is 1.00 bits per heavy atom. The fourth-order valence-corrected chi connectivity index (χ4v) is 2.39. The number of amides is 2. The summed E-state index contributed by atoms with van der Waals surface area (Å²) in [7, 11) is 2.91. The standard InChI is InChI=1S/C20H23FN2O5/c1-26-10-11-28-20(25)23-16-5-3-4-15(13-16)22-19(24)9-7-14-6-8-18(27-2)17(21)12-14/h3-6,8,12-13H,7,9-11H2,1-2H3,(H,22,24)(H,23,25). The van der Waals surface area contributed by atoms with Crippen molar-refractivity contribution in [3.05, 3.63) is 53.8 Å². The third-order valence-electron chi connectivity index (χ3n) is 3.77. The van der Waals surface area contributed by atoms with Crippen molar-refractivity contribution in [2.24, 2.45) is 0 Å². The van der Waals surface area contributed by atoms with Crippen LogP contribution in [-0.2, 0) is 20.7 Å². The summed E-state index contributed by atoms with van der Waals surface area (Å²) in [4.78, 5) is 23.8. The second kappa shape index (κ2) is 10.9. The van der Waals surface area contributed by atoms with Crippen molar-refractivity contribution in [2.75, 3.05) is 38.1 Å². The average molecular weight is 390 g/mol. The largest absolute Gasteiger partial charge is 0.494 e. The number of carbonyl (C=O) groups excluding carboxylic acids is 2. The molecule has 0 unspecified atom stereocenters. The van der Waals surface area contributed by atoms with E-state index in [-0.39, 0.29) is 24.7 Å². The minimum absolute atomic E-state index is 0.144. The van der Waals surface area contributed by atoms with Gasteiger partial charge in [-0.1, -0.05) is 12.1 Å². The molecule has 150 valence electrons. The van der Waals surface area contributed by atoms with Gasteiger partial charge in [-0.25, -0.2) is 9.18 Å². The summed E-state index contributed by atoms with van der Waals surface area (Å²) in [6.45, 7) is 0.451. The highest BCUT2D eigenvalue weighted by atomic mass is 19.1. The van der Waals surface area contributed by atoms with E-state index >= 15 is 0 Å². The van der Waals surface area contributed by atoms with Crippen LogP contribution in [0.2, 0.25) is 0 Å². The summed E-state index contributed by atoms with van der Waals surface area (Å²) in [5, 5.41) is 5.31. The van der Waals surface area contributed by atoms with Gasteiger partial charge in [-0.15, -0.1) is 0 Å². The second-order valence-electron chi connectivity index (χ2n) is 5.85. The number of methoxy groups -OCH3 is 2. The molecule has 0 aliphatic heterocycles. The van der Waals surface area contributed by atoms with E-state index < -0.39 is 11.9 Å². The highest BCUT2D eigenvalue weighted by Crippen LogP contribution is 2.19. The Labute approximate surface area is 162 Å². The van der Waals surface area contributed by atoms with Gasteiger partial charge in [0.1, 0.15) is 6.61 Å². The molecule has 0 atom stereocenters. The van der Waals surface area contributed by atoms with Gasteiger partial charge in [0.25, 0.3) is 0 Å². The van der Waals surface area contributed by atoms with Gasteiger partial charge in [0.15, 0.2) is 11.6 Å². The number of hydrogen-bond acceptors (Lipinski definition) is 5. The molecule has 0 saturated carbocycles. The molecule has 0 saturated heterocycles. The number of benzene rings is 2. The van der Waals surface area contributed by atoms with E-state index in [1.807, 2.05) is 0 Å². The molecule has 0 aliphatic rings. The summed E-state index contributed by atoms with van der Waals surface area (Å²) >= 11 is 0. The van der Waals surface area contributed by atoms with Crippen LogP contribution in [-0.4, -0.2) is 39.4 Å². The van der Waals surface area contributed by atoms with Crippen molar-refractivity contribution in [2.45, 2.75) is 12.8 Å². The number of aryl methyl sites for hydroxylation is 1. The van der Waals surface area contributed by atoms with E-state index in [1.165, 1.54) is 26.4 Å². The molecule has 2 aromatic rings. The first kappa shape index (κ1) is 21.2. The van der Waals surface area contributed by atoms with Crippen LogP contribution in [0.4, 0.5) is 20.6 Å². The van der Waals surface area contributed by atoms with Gasteiger partial charge in [-0.05, 0) is 42.3 Å². The maximum Gasteiger partial charge on any atom is 0.411 e. The zero-order valence-electron chi connectivity index (χ0n) is 15.8. The maximum atomic E-state index is 13.7. The van der Waals surface area contributed by atoms with Crippen LogP contribution in [0.3, 0.4) is 0 Å². The lowest BCUT2D eigenvalue weighted by molar-refractivity contribution is -0.116. The highest BCUT2D eigenvalue weighted by Gasteiger charge is 2.08. The average Bonchev–Trinajstić information content (AvgIpc) is 2.67. The SMILES string of the molecule is COCCOC(=O)Nc1cccc(NC(=O)CCc2ccc(OC)c(F)c2)c1. The van der Waals surface area contributed by atoms with E-state index in [0.29, 0.717) is 30.0 Å². The Bertz CT molecular complexity index is 813. The number of nitrogens with one attached hydrogen (secondary N) is 2. The van der Waals surface area contributed by atoms with Gasteiger partial charge < -0.3 is 19.5 Å². The lowest BCUT2D eigenvalue weighted by Gasteiger charge is -2.10. The Balaban J connectivity index is 1.85. The predicted octanol–water partition coefficient (Wildman–Crippen LogP) is 3.60. The fraction of sp³-hybridized carbons (Fsp3) is 0.300. The van der Waals surface area contributed by atoms with Crippen LogP contribution in [0, 0.1) is 5.82 Å². The topological polar surface area (TPSA) is 85.9 Å². The van der Waals surface area contributed by atoms with Crippen molar-refractivity contribution in [1.82, 2.24) is 0 Å². The number of ether oxygens (including phenoxy) is 3. The van der Waals surface area contributed by atoms with Crippen molar-refractivity contribution in [1.29, 1.82) is 0 Å². The van der Waals surface area contributed by atoms with Crippen molar-refractivity contribution in [3.8, 4) is 5.75 Å². The molecule has 2 amide bonds.